The SMILES string of the molecule is CCOC(=O)C[C@@H](C[C@@H](CBr)O[Si](c1ccccc1)(c1ccccc1)C(C)(C)C)OCOC. The minimum Gasteiger partial charge on any atom is -0.466 e. The first-order valence-electron chi connectivity index (χ1n) is 11.4. The van der Waals surface area contributed by atoms with Crippen molar-refractivity contribution in [3.63, 3.8) is 0 Å². The molecule has 2 aromatic rings. The summed E-state index contributed by atoms with van der Waals surface area (Å²) in [6.45, 7) is 9.01. The largest absolute Gasteiger partial charge is 0.466 e. The number of hydrogen-bond donors (Lipinski definition) is 0. The number of halogens is 1. The second-order valence-corrected chi connectivity index (χ2v) is 13.9. The Hall–Kier alpha value is -1.51. The standard InChI is InChI=1S/C26H37BrO5Si/c1-6-30-25(28)18-21(31-20-29-5)17-22(19-27)32-33(26(2,3)4,23-13-9-7-10-14-23)24-15-11-8-12-16-24/h7-16,21-22H,6,17-20H2,1-5H3/t21-,22+/m1/s1. The van der Waals surface area contributed by atoms with Crippen LogP contribution in [0.5, 0.6) is 0 Å². The molecule has 0 aromatic heterocycles. The van der Waals surface area contributed by atoms with Gasteiger partial charge in [-0.2, -0.15) is 0 Å². The van der Waals surface area contributed by atoms with Gasteiger partial charge in [0.15, 0.2) is 0 Å². The van der Waals surface area contributed by atoms with Crippen LogP contribution < -0.4 is 10.4 Å². The van der Waals surface area contributed by atoms with Crippen molar-refractivity contribution in [3.05, 3.63) is 60.7 Å². The molecule has 0 heterocycles. The maximum absolute atomic E-state index is 12.2. The molecule has 2 rings (SSSR count). The quantitative estimate of drug-likeness (QED) is 0.161. The summed E-state index contributed by atoms with van der Waals surface area (Å²) in [5.41, 5.74) is 0. The number of ether oxygens (including phenoxy) is 3. The molecule has 0 N–H and O–H groups in total. The van der Waals surface area contributed by atoms with Crippen LogP contribution in [-0.4, -0.2) is 52.3 Å². The topological polar surface area (TPSA) is 54.0 Å². The normalized spacial score (nSPS) is 14.0. The highest BCUT2D eigenvalue weighted by atomic mass is 79.9. The molecule has 0 saturated heterocycles. The smallest absolute Gasteiger partial charge is 0.308 e. The molecular formula is C26H37BrO5Si. The maximum Gasteiger partial charge on any atom is 0.308 e. The van der Waals surface area contributed by atoms with Crippen LogP contribution >= 0.6 is 15.9 Å². The monoisotopic (exact) mass is 536 g/mol. The number of alkyl halides is 1. The minimum atomic E-state index is -2.72. The molecule has 5 nitrogen and oxygen atoms in total. The molecule has 2 atom stereocenters. The number of benzene rings is 2. The van der Waals surface area contributed by atoms with E-state index in [0.717, 1.165) is 0 Å². The van der Waals surface area contributed by atoms with Crippen molar-refractivity contribution in [1.82, 2.24) is 0 Å². The molecule has 33 heavy (non-hydrogen) atoms. The molecule has 0 radical (unpaired) electrons. The van der Waals surface area contributed by atoms with Crippen molar-refractivity contribution < 1.29 is 23.4 Å². The lowest BCUT2D eigenvalue weighted by molar-refractivity contribution is -0.150. The van der Waals surface area contributed by atoms with Crippen molar-refractivity contribution in [2.24, 2.45) is 0 Å². The molecular weight excluding hydrogens is 500 g/mol. The number of carbonyl (C=O) groups excluding carboxylic acids is 1. The minimum absolute atomic E-state index is 0.109. The van der Waals surface area contributed by atoms with Crippen molar-refractivity contribution in [2.45, 2.75) is 57.8 Å². The van der Waals surface area contributed by atoms with Crippen LogP contribution in [0.2, 0.25) is 5.04 Å². The third kappa shape index (κ3) is 7.49. The molecule has 0 aliphatic rings. The second-order valence-electron chi connectivity index (χ2n) is 9.00. The molecule has 0 fully saturated rings. The molecule has 0 aliphatic heterocycles. The third-order valence-electron chi connectivity index (χ3n) is 5.58. The number of carbonyl (C=O) groups is 1. The van der Waals surface area contributed by atoms with Gasteiger partial charge in [-0.1, -0.05) is 97.4 Å². The van der Waals surface area contributed by atoms with Crippen molar-refractivity contribution in [2.75, 3.05) is 25.8 Å². The Morgan fingerprint density at radius 1 is 0.970 bits per heavy atom. The van der Waals surface area contributed by atoms with Crippen LogP contribution in [-0.2, 0) is 23.4 Å². The Morgan fingerprint density at radius 3 is 1.94 bits per heavy atom. The summed E-state index contributed by atoms with van der Waals surface area (Å²) >= 11 is 3.67. The first-order chi connectivity index (χ1) is 15.8. The van der Waals surface area contributed by atoms with Gasteiger partial charge in [0.1, 0.15) is 6.79 Å². The maximum atomic E-state index is 12.2. The Labute approximate surface area is 208 Å². The predicted molar refractivity (Wildman–Crippen MR) is 139 cm³/mol. The first-order valence-corrected chi connectivity index (χ1v) is 14.4. The number of rotatable bonds is 13. The van der Waals surface area contributed by atoms with Crippen LogP contribution in [0.3, 0.4) is 0 Å². The Morgan fingerprint density at radius 2 is 1.52 bits per heavy atom. The van der Waals surface area contributed by atoms with Gasteiger partial charge in [-0.3, -0.25) is 4.79 Å². The predicted octanol–water partition coefficient (Wildman–Crippen LogP) is 4.66. The molecule has 0 aliphatic carbocycles. The molecule has 2 aromatic carbocycles. The van der Waals surface area contributed by atoms with E-state index in [0.29, 0.717) is 18.4 Å². The highest BCUT2D eigenvalue weighted by Gasteiger charge is 2.51. The van der Waals surface area contributed by atoms with Gasteiger partial charge in [0.25, 0.3) is 8.32 Å². The fourth-order valence-corrected chi connectivity index (χ4v) is 9.49. The average Bonchev–Trinajstić information content (AvgIpc) is 2.80. The van der Waals surface area contributed by atoms with Gasteiger partial charge in [-0.05, 0) is 22.3 Å². The van der Waals surface area contributed by atoms with E-state index in [1.807, 2.05) is 12.1 Å². The van der Waals surface area contributed by atoms with E-state index in [1.165, 1.54) is 10.4 Å². The van der Waals surface area contributed by atoms with E-state index in [4.69, 9.17) is 18.6 Å². The van der Waals surface area contributed by atoms with Gasteiger partial charge < -0.3 is 18.6 Å². The molecule has 0 unspecified atom stereocenters. The van der Waals surface area contributed by atoms with Crippen LogP contribution in [0, 0.1) is 0 Å². The first kappa shape index (κ1) is 27.7. The van der Waals surface area contributed by atoms with E-state index in [2.05, 4.69) is 85.2 Å². The van der Waals surface area contributed by atoms with Crippen molar-refractivity contribution >= 4 is 40.6 Å². The summed E-state index contributed by atoms with van der Waals surface area (Å²) in [5.74, 6) is -0.280. The van der Waals surface area contributed by atoms with Crippen LogP contribution in [0.25, 0.3) is 0 Å². The van der Waals surface area contributed by atoms with Crippen molar-refractivity contribution in [3.8, 4) is 0 Å². The van der Waals surface area contributed by atoms with Crippen LogP contribution in [0.15, 0.2) is 60.7 Å². The number of esters is 1. The Bertz CT molecular complexity index is 786. The summed E-state index contributed by atoms with van der Waals surface area (Å²) in [6.07, 6.45) is 0.153. The number of methoxy groups -OCH3 is 1. The zero-order valence-electron chi connectivity index (χ0n) is 20.4. The zero-order valence-corrected chi connectivity index (χ0v) is 23.0. The van der Waals surface area contributed by atoms with Gasteiger partial charge >= 0.3 is 5.97 Å². The molecule has 0 bridgehead atoms. The lowest BCUT2D eigenvalue weighted by Gasteiger charge is -2.45. The fraction of sp³-hybridized carbons (Fsp3) is 0.500. The highest BCUT2D eigenvalue weighted by Crippen LogP contribution is 2.38. The van der Waals surface area contributed by atoms with E-state index >= 15 is 0 Å². The molecule has 7 heteroatoms. The van der Waals surface area contributed by atoms with E-state index < -0.39 is 8.32 Å². The summed E-state index contributed by atoms with van der Waals surface area (Å²) in [7, 11) is -1.15. The fourth-order valence-electron chi connectivity index (χ4n) is 4.16. The summed E-state index contributed by atoms with van der Waals surface area (Å²) in [5, 5.41) is 2.91. The number of hydrogen-bond acceptors (Lipinski definition) is 5. The zero-order chi connectivity index (χ0) is 24.3. The van der Waals surface area contributed by atoms with Crippen LogP contribution in [0.4, 0.5) is 0 Å². The van der Waals surface area contributed by atoms with Gasteiger partial charge in [0, 0.05) is 18.9 Å². The van der Waals surface area contributed by atoms with Gasteiger partial charge in [-0.25, -0.2) is 0 Å². The van der Waals surface area contributed by atoms with Gasteiger partial charge in [-0.15, -0.1) is 0 Å². The summed E-state index contributed by atoms with van der Waals surface area (Å²) in [6, 6.07) is 21.1. The van der Waals surface area contributed by atoms with E-state index in [-0.39, 0.29) is 36.4 Å². The van der Waals surface area contributed by atoms with Gasteiger partial charge in [0.05, 0.1) is 25.2 Å². The van der Waals surface area contributed by atoms with Crippen LogP contribution in [0.1, 0.15) is 40.5 Å². The summed E-state index contributed by atoms with van der Waals surface area (Å²) < 4.78 is 23.3. The molecule has 0 spiro atoms. The third-order valence-corrected chi connectivity index (χ3v) is 11.4. The molecule has 182 valence electrons. The highest BCUT2D eigenvalue weighted by molar-refractivity contribution is 9.09. The van der Waals surface area contributed by atoms with Crippen molar-refractivity contribution in [1.29, 1.82) is 0 Å². The Kier molecular flexibility index (Phi) is 11.3. The van der Waals surface area contributed by atoms with E-state index in [1.54, 1.807) is 14.0 Å². The van der Waals surface area contributed by atoms with Gasteiger partial charge in [0.2, 0.25) is 0 Å². The summed E-state index contributed by atoms with van der Waals surface area (Å²) in [4.78, 5) is 12.2. The molecule has 0 saturated carbocycles. The molecule has 0 amide bonds. The second kappa shape index (κ2) is 13.4. The Balaban J connectivity index is 2.45. The average molecular weight is 538 g/mol. The lowest BCUT2D eigenvalue weighted by atomic mass is 10.1. The van der Waals surface area contributed by atoms with E-state index in [9.17, 15) is 4.79 Å². The lowest BCUT2D eigenvalue weighted by Crippen LogP contribution is -2.68.